The van der Waals surface area contributed by atoms with Crippen LogP contribution >= 0.6 is 23.1 Å². The number of halogens is 3. The second kappa shape index (κ2) is 8.65. The van der Waals surface area contributed by atoms with Gasteiger partial charge in [0.05, 0.1) is 16.6 Å². The molecule has 0 bridgehead atoms. The summed E-state index contributed by atoms with van der Waals surface area (Å²) in [7, 11) is 0. The number of hydrogen-bond donors (Lipinski definition) is 1. The predicted octanol–water partition coefficient (Wildman–Crippen LogP) is 5.59. The number of nitrogens with one attached hydrogen (secondary N) is 1. The van der Waals surface area contributed by atoms with E-state index in [1.807, 2.05) is 24.4 Å². The van der Waals surface area contributed by atoms with Crippen LogP contribution in [0.2, 0.25) is 0 Å². The molecule has 1 heterocycles. The van der Waals surface area contributed by atoms with Gasteiger partial charge in [0.2, 0.25) is 0 Å². The average molecular weight is 415 g/mol. The minimum atomic E-state index is -4.18. The molecule has 0 radical (unpaired) electrons. The molecule has 2 aromatic rings. The van der Waals surface area contributed by atoms with E-state index in [9.17, 15) is 18.0 Å². The smallest absolute Gasteiger partial charge is 0.349 e. The van der Waals surface area contributed by atoms with Crippen molar-refractivity contribution in [2.75, 3.05) is 0 Å². The van der Waals surface area contributed by atoms with Crippen LogP contribution in [-0.2, 0) is 5.75 Å². The van der Waals surface area contributed by atoms with Crippen LogP contribution in [0.5, 0.6) is 0 Å². The van der Waals surface area contributed by atoms with Gasteiger partial charge in [-0.1, -0.05) is 6.42 Å². The maximum Gasteiger partial charge on any atom is 0.391 e. The maximum absolute atomic E-state index is 12.9. The number of carbonyl (C=O) groups is 1. The predicted molar refractivity (Wildman–Crippen MR) is 102 cm³/mol. The van der Waals surface area contributed by atoms with E-state index in [-0.39, 0.29) is 18.7 Å². The van der Waals surface area contributed by atoms with E-state index in [0.717, 1.165) is 21.3 Å². The zero-order chi connectivity index (χ0) is 19.4. The lowest BCUT2D eigenvalue weighted by Gasteiger charge is -2.31. The molecule has 0 saturated heterocycles. The fraction of sp³-hybridized carbons (Fsp3) is 0.474. The van der Waals surface area contributed by atoms with Crippen molar-refractivity contribution in [2.24, 2.45) is 5.92 Å². The molecule has 1 aromatic carbocycles. The number of rotatable bonds is 5. The van der Waals surface area contributed by atoms with Crippen LogP contribution in [0.1, 0.15) is 46.7 Å². The molecule has 1 amide bonds. The van der Waals surface area contributed by atoms with Gasteiger partial charge in [-0.2, -0.15) is 13.2 Å². The largest absolute Gasteiger partial charge is 0.391 e. The zero-order valence-corrected chi connectivity index (χ0v) is 16.5. The number of aromatic nitrogens is 1. The lowest BCUT2D eigenvalue weighted by molar-refractivity contribution is -0.183. The topological polar surface area (TPSA) is 42.0 Å². The van der Waals surface area contributed by atoms with Crippen molar-refractivity contribution in [1.29, 1.82) is 0 Å². The Morgan fingerprint density at radius 3 is 2.67 bits per heavy atom. The van der Waals surface area contributed by atoms with Crippen LogP contribution in [0.4, 0.5) is 13.2 Å². The molecule has 0 unspecified atom stereocenters. The second-order valence-electron chi connectivity index (χ2n) is 6.75. The van der Waals surface area contributed by atoms with Crippen molar-refractivity contribution in [3.63, 3.8) is 0 Å². The highest BCUT2D eigenvalue weighted by atomic mass is 32.2. The molecule has 3 rings (SSSR count). The molecular weight excluding hydrogens is 393 g/mol. The van der Waals surface area contributed by atoms with Crippen LogP contribution in [-0.4, -0.2) is 23.1 Å². The molecule has 1 fully saturated rings. The van der Waals surface area contributed by atoms with Gasteiger partial charge in [0.25, 0.3) is 5.91 Å². The van der Waals surface area contributed by atoms with Gasteiger partial charge in [-0.3, -0.25) is 4.79 Å². The maximum atomic E-state index is 12.9. The Morgan fingerprint density at radius 1 is 1.30 bits per heavy atom. The first-order chi connectivity index (χ1) is 12.8. The minimum absolute atomic E-state index is 0.0315. The van der Waals surface area contributed by atoms with Crippen molar-refractivity contribution < 1.29 is 18.0 Å². The normalized spacial score (nSPS) is 20.4. The summed E-state index contributed by atoms with van der Waals surface area (Å²) < 4.78 is 38.7. The van der Waals surface area contributed by atoms with E-state index in [0.29, 0.717) is 18.4 Å². The molecule has 0 aliphatic heterocycles. The number of aryl methyl sites for hydroxylation is 1. The number of thioether (sulfide) groups is 1. The number of amides is 1. The summed E-state index contributed by atoms with van der Waals surface area (Å²) in [5, 5.41) is 5.83. The third kappa shape index (κ3) is 5.72. The molecule has 2 atom stereocenters. The first-order valence-electron chi connectivity index (χ1n) is 8.82. The van der Waals surface area contributed by atoms with Gasteiger partial charge >= 0.3 is 6.18 Å². The van der Waals surface area contributed by atoms with Crippen molar-refractivity contribution in [3.05, 3.63) is 45.9 Å². The summed E-state index contributed by atoms with van der Waals surface area (Å²) in [6.45, 7) is 1.97. The molecule has 1 aliphatic carbocycles. The van der Waals surface area contributed by atoms with Crippen molar-refractivity contribution in [1.82, 2.24) is 10.3 Å². The summed E-state index contributed by atoms with van der Waals surface area (Å²) in [6, 6.07) is 6.73. The SMILES string of the molecule is Cc1nc(CSc2ccc(C(=O)N[C@H]3CCC[C@@H](C(F)(F)F)C3)cc2)cs1. The number of alkyl halides is 3. The summed E-state index contributed by atoms with van der Waals surface area (Å²) in [6.07, 6.45) is -2.98. The Kier molecular flexibility index (Phi) is 6.47. The zero-order valence-electron chi connectivity index (χ0n) is 14.9. The van der Waals surface area contributed by atoms with Crippen LogP contribution in [0.3, 0.4) is 0 Å². The van der Waals surface area contributed by atoms with Gasteiger partial charge < -0.3 is 5.32 Å². The fourth-order valence-electron chi connectivity index (χ4n) is 3.22. The molecule has 1 aromatic heterocycles. The number of benzene rings is 1. The molecule has 8 heteroatoms. The third-order valence-electron chi connectivity index (χ3n) is 4.64. The number of hydrogen-bond acceptors (Lipinski definition) is 4. The molecule has 1 aliphatic rings. The van der Waals surface area contributed by atoms with Crippen molar-refractivity contribution in [3.8, 4) is 0 Å². The van der Waals surface area contributed by atoms with Gasteiger partial charge in [0.1, 0.15) is 0 Å². The van der Waals surface area contributed by atoms with E-state index >= 15 is 0 Å². The van der Waals surface area contributed by atoms with Gasteiger partial charge in [-0.05, 0) is 50.5 Å². The second-order valence-corrected chi connectivity index (χ2v) is 8.86. The molecule has 146 valence electrons. The Labute approximate surface area is 164 Å². The van der Waals surface area contributed by atoms with E-state index < -0.39 is 18.1 Å². The standard InChI is InChI=1S/C19H21F3N2OS2/c1-12-23-16(10-26-12)11-27-17-7-5-13(6-8-17)18(25)24-15-4-2-3-14(9-15)19(20,21)22/h5-8,10,14-15H,2-4,9,11H2,1H3,(H,24,25)/t14-,15+/m1/s1. The highest BCUT2D eigenvalue weighted by Gasteiger charge is 2.42. The third-order valence-corrected chi connectivity index (χ3v) is 6.51. The Morgan fingerprint density at radius 2 is 2.04 bits per heavy atom. The lowest BCUT2D eigenvalue weighted by Crippen LogP contribution is -2.41. The first kappa shape index (κ1) is 20.2. The summed E-state index contributed by atoms with van der Waals surface area (Å²) in [5.74, 6) is -0.865. The average Bonchev–Trinajstić information content (AvgIpc) is 3.05. The highest BCUT2D eigenvalue weighted by Crippen LogP contribution is 2.37. The molecule has 27 heavy (non-hydrogen) atoms. The lowest BCUT2D eigenvalue weighted by atomic mass is 9.85. The van der Waals surface area contributed by atoms with Crippen molar-refractivity contribution in [2.45, 2.75) is 55.5 Å². The van der Waals surface area contributed by atoms with Gasteiger partial charge in [-0.25, -0.2) is 4.98 Å². The first-order valence-corrected chi connectivity index (χ1v) is 10.7. The Bertz CT molecular complexity index is 774. The summed E-state index contributed by atoms with van der Waals surface area (Å²) in [4.78, 5) is 17.8. The van der Waals surface area contributed by atoms with Gasteiger partial charge in [-0.15, -0.1) is 23.1 Å². The molecular formula is C19H21F3N2OS2. The van der Waals surface area contributed by atoms with Crippen molar-refractivity contribution >= 4 is 29.0 Å². The highest BCUT2D eigenvalue weighted by molar-refractivity contribution is 7.98. The fourth-order valence-corrected chi connectivity index (χ4v) is 4.73. The van der Waals surface area contributed by atoms with Crippen LogP contribution in [0.15, 0.2) is 34.5 Å². The van der Waals surface area contributed by atoms with E-state index in [1.54, 1.807) is 35.2 Å². The molecule has 0 spiro atoms. The van der Waals surface area contributed by atoms with Gasteiger partial charge in [0.15, 0.2) is 0 Å². The Balaban J connectivity index is 1.52. The van der Waals surface area contributed by atoms with Crippen LogP contribution in [0.25, 0.3) is 0 Å². The summed E-state index contributed by atoms with van der Waals surface area (Å²) >= 11 is 3.25. The molecule has 1 saturated carbocycles. The number of carbonyl (C=O) groups excluding carboxylic acids is 1. The monoisotopic (exact) mass is 414 g/mol. The summed E-state index contributed by atoms with van der Waals surface area (Å²) in [5.41, 5.74) is 1.50. The minimum Gasteiger partial charge on any atom is -0.349 e. The van der Waals surface area contributed by atoms with Gasteiger partial charge in [0, 0.05) is 27.6 Å². The quantitative estimate of drug-likeness (QED) is 0.648. The van der Waals surface area contributed by atoms with E-state index in [1.165, 1.54) is 0 Å². The Hall–Kier alpha value is -1.54. The molecule has 1 N–H and O–H groups in total. The van der Waals surface area contributed by atoms with Crippen LogP contribution in [0, 0.1) is 12.8 Å². The van der Waals surface area contributed by atoms with E-state index in [2.05, 4.69) is 10.3 Å². The van der Waals surface area contributed by atoms with E-state index in [4.69, 9.17) is 0 Å². The van der Waals surface area contributed by atoms with Crippen LogP contribution < -0.4 is 5.32 Å². The molecule has 3 nitrogen and oxygen atoms in total. The number of nitrogens with zero attached hydrogens (tertiary/aromatic N) is 1. The number of thiazole rings is 1.